The second-order valence-electron chi connectivity index (χ2n) is 5.94. The standard InChI is InChI=1S/C17H19F2NO/c1-17(2,3)12-6-4-5-7-15(12)21-16-13(18)8-11(10-20)9-14(16)19/h4-9H,10,20H2,1-3H3. The Balaban J connectivity index is 2.44. The van der Waals surface area contributed by atoms with Crippen LogP contribution in [0.5, 0.6) is 11.5 Å². The van der Waals surface area contributed by atoms with Crippen LogP contribution in [-0.4, -0.2) is 0 Å². The third-order valence-corrected chi connectivity index (χ3v) is 3.20. The molecule has 0 fully saturated rings. The van der Waals surface area contributed by atoms with E-state index >= 15 is 0 Å². The molecule has 0 aliphatic rings. The van der Waals surface area contributed by atoms with Crippen molar-refractivity contribution in [1.29, 1.82) is 0 Å². The van der Waals surface area contributed by atoms with Crippen molar-refractivity contribution in [3.63, 3.8) is 0 Å². The molecular weight excluding hydrogens is 272 g/mol. The predicted molar refractivity (Wildman–Crippen MR) is 79.5 cm³/mol. The molecule has 0 radical (unpaired) electrons. The highest BCUT2D eigenvalue weighted by Crippen LogP contribution is 2.36. The quantitative estimate of drug-likeness (QED) is 0.902. The molecule has 2 aromatic rings. The fourth-order valence-electron chi connectivity index (χ4n) is 2.11. The number of halogens is 2. The Morgan fingerprint density at radius 2 is 1.62 bits per heavy atom. The summed E-state index contributed by atoms with van der Waals surface area (Å²) < 4.78 is 33.5. The van der Waals surface area contributed by atoms with E-state index in [1.165, 1.54) is 12.1 Å². The van der Waals surface area contributed by atoms with Gasteiger partial charge in [0.1, 0.15) is 5.75 Å². The summed E-state index contributed by atoms with van der Waals surface area (Å²) in [4.78, 5) is 0. The minimum atomic E-state index is -0.751. The Morgan fingerprint density at radius 3 is 2.14 bits per heavy atom. The number of rotatable bonds is 3. The minimum Gasteiger partial charge on any atom is -0.451 e. The summed E-state index contributed by atoms with van der Waals surface area (Å²) in [5, 5.41) is 0. The van der Waals surface area contributed by atoms with E-state index in [4.69, 9.17) is 10.5 Å². The summed E-state index contributed by atoms with van der Waals surface area (Å²) in [5.74, 6) is -1.45. The highest BCUT2D eigenvalue weighted by molar-refractivity contribution is 5.43. The fraction of sp³-hybridized carbons (Fsp3) is 0.294. The molecule has 2 N–H and O–H groups in total. The zero-order valence-corrected chi connectivity index (χ0v) is 12.4. The second kappa shape index (κ2) is 5.82. The zero-order valence-electron chi connectivity index (χ0n) is 12.4. The largest absolute Gasteiger partial charge is 0.451 e. The van der Waals surface area contributed by atoms with E-state index in [9.17, 15) is 8.78 Å². The van der Waals surface area contributed by atoms with Gasteiger partial charge in [0.2, 0.25) is 0 Å². The monoisotopic (exact) mass is 291 g/mol. The van der Waals surface area contributed by atoms with Crippen LogP contribution >= 0.6 is 0 Å². The highest BCUT2D eigenvalue weighted by Gasteiger charge is 2.21. The van der Waals surface area contributed by atoms with E-state index in [1.807, 2.05) is 32.9 Å². The Bertz CT molecular complexity index is 624. The molecule has 2 rings (SSSR count). The van der Waals surface area contributed by atoms with Gasteiger partial charge in [-0.2, -0.15) is 0 Å². The lowest BCUT2D eigenvalue weighted by Gasteiger charge is -2.22. The third kappa shape index (κ3) is 3.39. The van der Waals surface area contributed by atoms with E-state index in [2.05, 4.69) is 0 Å². The maximum absolute atomic E-state index is 14.0. The number of hydrogen-bond acceptors (Lipinski definition) is 2. The van der Waals surface area contributed by atoms with Gasteiger partial charge in [0.05, 0.1) is 0 Å². The Morgan fingerprint density at radius 1 is 1.05 bits per heavy atom. The van der Waals surface area contributed by atoms with Crippen LogP contribution in [0.1, 0.15) is 31.9 Å². The average molecular weight is 291 g/mol. The zero-order chi connectivity index (χ0) is 15.6. The Kier molecular flexibility index (Phi) is 4.28. The molecule has 0 bridgehead atoms. The van der Waals surface area contributed by atoms with Crippen LogP contribution in [-0.2, 0) is 12.0 Å². The average Bonchev–Trinajstić information content (AvgIpc) is 2.42. The van der Waals surface area contributed by atoms with Gasteiger partial charge in [-0.25, -0.2) is 8.78 Å². The Labute approximate surface area is 123 Å². The number of ether oxygens (including phenoxy) is 1. The lowest BCUT2D eigenvalue weighted by atomic mass is 9.86. The summed E-state index contributed by atoms with van der Waals surface area (Å²) in [6.45, 7) is 6.12. The van der Waals surface area contributed by atoms with Gasteiger partial charge < -0.3 is 10.5 Å². The summed E-state index contributed by atoms with van der Waals surface area (Å²) in [7, 11) is 0. The van der Waals surface area contributed by atoms with Gasteiger partial charge in [-0.15, -0.1) is 0 Å². The first-order chi connectivity index (χ1) is 9.82. The molecule has 0 heterocycles. The number of hydrogen-bond donors (Lipinski definition) is 1. The van der Waals surface area contributed by atoms with E-state index in [-0.39, 0.29) is 12.0 Å². The molecule has 2 aromatic carbocycles. The maximum atomic E-state index is 14.0. The molecular formula is C17H19F2NO. The lowest BCUT2D eigenvalue weighted by Crippen LogP contribution is -2.12. The molecule has 0 aromatic heterocycles. The topological polar surface area (TPSA) is 35.2 Å². The van der Waals surface area contributed by atoms with Crippen LogP contribution in [0.2, 0.25) is 0 Å². The first-order valence-electron chi connectivity index (χ1n) is 6.78. The van der Waals surface area contributed by atoms with Crippen molar-refractivity contribution in [1.82, 2.24) is 0 Å². The first-order valence-corrected chi connectivity index (χ1v) is 6.78. The molecule has 112 valence electrons. The molecule has 0 atom stereocenters. The molecule has 4 heteroatoms. The molecule has 2 nitrogen and oxygen atoms in total. The van der Waals surface area contributed by atoms with Gasteiger partial charge >= 0.3 is 0 Å². The van der Waals surface area contributed by atoms with E-state index in [0.29, 0.717) is 11.3 Å². The lowest BCUT2D eigenvalue weighted by molar-refractivity contribution is 0.394. The van der Waals surface area contributed by atoms with Crippen molar-refractivity contribution in [2.45, 2.75) is 32.7 Å². The van der Waals surface area contributed by atoms with Crippen molar-refractivity contribution in [3.8, 4) is 11.5 Å². The molecule has 0 spiro atoms. The molecule has 21 heavy (non-hydrogen) atoms. The fourth-order valence-corrected chi connectivity index (χ4v) is 2.11. The van der Waals surface area contributed by atoms with Gasteiger partial charge in [0, 0.05) is 12.1 Å². The Hall–Kier alpha value is -1.94. The van der Waals surface area contributed by atoms with Gasteiger partial charge in [0.25, 0.3) is 0 Å². The normalized spacial score (nSPS) is 11.5. The van der Waals surface area contributed by atoms with E-state index in [0.717, 1.165) is 5.56 Å². The maximum Gasteiger partial charge on any atom is 0.198 e. The second-order valence-corrected chi connectivity index (χ2v) is 5.94. The molecule has 0 aliphatic heterocycles. The van der Waals surface area contributed by atoms with Gasteiger partial charge in [-0.3, -0.25) is 0 Å². The van der Waals surface area contributed by atoms with Crippen LogP contribution in [0.3, 0.4) is 0 Å². The van der Waals surface area contributed by atoms with E-state index in [1.54, 1.807) is 12.1 Å². The molecule has 0 saturated carbocycles. The summed E-state index contributed by atoms with van der Waals surface area (Å²) in [6, 6.07) is 9.62. The van der Waals surface area contributed by atoms with Crippen molar-refractivity contribution < 1.29 is 13.5 Å². The first kappa shape index (κ1) is 15.4. The summed E-state index contributed by atoms with van der Waals surface area (Å²) in [6.07, 6.45) is 0. The van der Waals surface area contributed by atoms with Crippen molar-refractivity contribution >= 4 is 0 Å². The molecule has 0 saturated heterocycles. The molecule has 0 unspecified atom stereocenters. The van der Waals surface area contributed by atoms with Crippen LogP contribution in [0, 0.1) is 11.6 Å². The van der Waals surface area contributed by atoms with Gasteiger partial charge in [0.15, 0.2) is 17.4 Å². The molecule has 0 amide bonds. The minimum absolute atomic E-state index is 0.0761. The number of benzene rings is 2. The van der Waals surface area contributed by atoms with Crippen molar-refractivity contribution in [2.75, 3.05) is 0 Å². The molecule has 0 aliphatic carbocycles. The van der Waals surface area contributed by atoms with Crippen LogP contribution in [0.15, 0.2) is 36.4 Å². The van der Waals surface area contributed by atoms with Gasteiger partial charge in [-0.1, -0.05) is 39.0 Å². The van der Waals surface area contributed by atoms with Crippen molar-refractivity contribution in [2.24, 2.45) is 5.73 Å². The third-order valence-electron chi connectivity index (χ3n) is 3.20. The van der Waals surface area contributed by atoms with Crippen LogP contribution in [0.25, 0.3) is 0 Å². The van der Waals surface area contributed by atoms with Crippen LogP contribution < -0.4 is 10.5 Å². The summed E-state index contributed by atoms with van der Waals surface area (Å²) >= 11 is 0. The smallest absolute Gasteiger partial charge is 0.198 e. The van der Waals surface area contributed by atoms with Gasteiger partial charge in [-0.05, 0) is 29.2 Å². The number of para-hydroxylation sites is 1. The number of nitrogens with two attached hydrogens (primary N) is 1. The van der Waals surface area contributed by atoms with E-state index < -0.39 is 17.4 Å². The van der Waals surface area contributed by atoms with Crippen LogP contribution in [0.4, 0.5) is 8.78 Å². The SMILES string of the molecule is CC(C)(C)c1ccccc1Oc1c(F)cc(CN)cc1F. The highest BCUT2D eigenvalue weighted by atomic mass is 19.1. The van der Waals surface area contributed by atoms with Crippen molar-refractivity contribution in [3.05, 3.63) is 59.2 Å². The predicted octanol–water partition coefficient (Wildman–Crippen LogP) is 4.51. The summed E-state index contributed by atoms with van der Waals surface area (Å²) in [5.41, 5.74) is 6.48.